The number of hydrogen-bond acceptors (Lipinski definition) is 8. The van der Waals surface area contributed by atoms with Crippen molar-refractivity contribution >= 4 is 15.7 Å². The Morgan fingerprint density at radius 3 is 2.76 bits per heavy atom. The number of rotatable bonds is 6. The molecule has 1 spiro atoms. The molecule has 4 rings (SSSR count). The Labute approximate surface area is 169 Å². The second-order valence-corrected chi connectivity index (χ2v) is 10.1. The van der Waals surface area contributed by atoms with Gasteiger partial charge < -0.3 is 14.2 Å². The van der Waals surface area contributed by atoms with E-state index >= 15 is 0 Å². The minimum absolute atomic E-state index is 0.103. The molecule has 1 amide bonds. The molecule has 2 aliphatic heterocycles. The second kappa shape index (κ2) is 7.40. The molecular formula is C19H24N4O5S. The van der Waals surface area contributed by atoms with Crippen LogP contribution in [0.2, 0.25) is 0 Å². The fourth-order valence-corrected chi connectivity index (χ4v) is 6.63. The maximum atomic E-state index is 13.0. The van der Waals surface area contributed by atoms with Crippen LogP contribution in [0.15, 0.2) is 23.0 Å². The third-order valence-corrected chi connectivity index (χ3v) is 8.49. The zero-order valence-corrected chi connectivity index (χ0v) is 17.3. The summed E-state index contributed by atoms with van der Waals surface area (Å²) in [5, 5.41) is 3.92. The Morgan fingerprint density at radius 2 is 2.07 bits per heavy atom. The van der Waals surface area contributed by atoms with Crippen molar-refractivity contribution in [2.24, 2.45) is 5.92 Å². The van der Waals surface area contributed by atoms with Gasteiger partial charge in [0.15, 0.2) is 9.84 Å². The van der Waals surface area contributed by atoms with Gasteiger partial charge in [-0.2, -0.15) is 0 Å². The van der Waals surface area contributed by atoms with E-state index in [1.54, 1.807) is 30.3 Å². The first-order valence-electron chi connectivity index (χ1n) is 9.74. The molecule has 2 aromatic rings. The van der Waals surface area contributed by atoms with Crippen LogP contribution in [0.1, 0.15) is 41.6 Å². The van der Waals surface area contributed by atoms with Crippen molar-refractivity contribution in [1.29, 1.82) is 0 Å². The van der Waals surface area contributed by atoms with Gasteiger partial charge in [-0.25, -0.2) is 18.4 Å². The molecular weight excluding hydrogens is 396 g/mol. The minimum Gasteiger partial charge on any atom is -0.463 e. The van der Waals surface area contributed by atoms with Crippen molar-refractivity contribution in [2.45, 2.75) is 37.9 Å². The van der Waals surface area contributed by atoms with Gasteiger partial charge in [0.2, 0.25) is 0 Å². The Bertz CT molecular complexity index is 999. The summed E-state index contributed by atoms with van der Waals surface area (Å²) < 4.78 is 35.6. The first-order chi connectivity index (χ1) is 13.9. The Hall–Kier alpha value is -2.49. The van der Waals surface area contributed by atoms with Crippen LogP contribution in [0.4, 0.5) is 0 Å². The molecule has 0 N–H and O–H groups in total. The summed E-state index contributed by atoms with van der Waals surface area (Å²) in [5.74, 6) is 0.239. The molecule has 0 bridgehead atoms. The molecule has 1 unspecified atom stereocenters. The lowest BCUT2D eigenvalue weighted by molar-refractivity contribution is 0.0401. The topological polar surface area (TPSA) is 115 Å². The summed E-state index contributed by atoms with van der Waals surface area (Å²) in [6.07, 6.45) is 5.09. The summed E-state index contributed by atoms with van der Waals surface area (Å²) in [5.41, 5.74) is 0.998. The number of carbonyl (C=O) groups is 1. The molecule has 0 aliphatic carbocycles. The van der Waals surface area contributed by atoms with Crippen LogP contribution in [0.25, 0.3) is 0 Å². The van der Waals surface area contributed by atoms with Crippen LogP contribution in [0.5, 0.6) is 6.01 Å². The van der Waals surface area contributed by atoms with Crippen LogP contribution in [-0.4, -0.2) is 64.5 Å². The van der Waals surface area contributed by atoms with E-state index in [4.69, 9.17) is 9.26 Å². The average Bonchev–Trinajstić information content (AvgIpc) is 3.16. The molecule has 156 valence electrons. The number of amides is 1. The molecule has 2 aromatic heterocycles. The number of likely N-dealkylation sites (tertiary alicyclic amines) is 1. The minimum atomic E-state index is -3.32. The summed E-state index contributed by atoms with van der Waals surface area (Å²) >= 11 is 0. The van der Waals surface area contributed by atoms with Crippen LogP contribution < -0.4 is 4.74 Å². The highest BCUT2D eigenvalue weighted by atomic mass is 32.2. The van der Waals surface area contributed by atoms with Gasteiger partial charge in [-0.1, -0.05) is 12.1 Å². The molecule has 0 aromatic carbocycles. The number of aryl methyl sites for hydroxylation is 2. The van der Waals surface area contributed by atoms with E-state index in [0.717, 1.165) is 6.42 Å². The standard InChI is InChI=1S/C19H24N4O5S/c1-3-5-15-16(13(2)22-28-15)17(24)23-11-19(12-23)14(6-9-29(19,25)26)10-27-18-20-7-4-8-21-18/h4,7-8,14H,3,5-6,9-12H2,1-2H3. The van der Waals surface area contributed by atoms with Crippen LogP contribution in [-0.2, 0) is 16.3 Å². The molecule has 2 saturated heterocycles. The predicted molar refractivity (Wildman–Crippen MR) is 103 cm³/mol. The molecule has 9 nitrogen and oxygen atoms in total. The van der Waals surface area contributed by atoms with Gasteiger partial charge in [-0.3, -0.25) is 4.79 Å². The van der Waals surface area contributed by atoms with E-state index in [1.165, 1.54) is 0 Å². The van der Waals surface area contributed by atoms with Gasteiger partial charge in [0.1, 0.15) is 16.1 Å². The van der Waals surface area contributed by atoms with E-state index in [1.807, 2.05) is 6.92 Å². The van der Waals surface area contributed by atoms with Crippen LogP contribution >= 0.6 is 0 Å². The van der Waals surface area contributed by atoms with Gasteiger partial charge in [0.25, 0.3) is 5.91 Å². The highest BCUT2D eigenvalue weighted by molar-refractivity contribution is 7.93. The molecule has 29 heavy (non-hydrogen) atoms. The number of nitrogens with zero attached hydrogens (tertiary/aromatic N) is 4. The fourth-order valence-electron chi connectivity index (χ4n) is 4.23. The second-order valence-electron chi connectivity index (χ2n) is 7.69. The normalized spacial score (nSPS) is 21.9. The van der Waals surface area contributed by atoms with E-state index < -0.39 is 14.6 Å². The van der Waals surface area contributed by atoms with E-state index in [2.05, 4.69) is 15.1 Å². The largest absolute Gasteiger partial charge is 0.463 e. The first kappa shape index (κ1) is 19.8. The Morgan fingerprint density at radius 1 is 1.34 bits per heavy atom. The molecule has 0 saturated carbocycles. The van der Waals surface area contributed by atoms with E-state index in [0.29, 0.717) is 29.9 Å². The maximum absolute atomic E-state index is 13.0. The third kappa shape index (κ3) is 3.29. The number of aromatic nitrogens is 3. The van der Waals surface area contributed by atoms with Crippen LogP contribution in [0, 0.1) is 12.8 Å². The monoisotopic (exact) mass is 420 g/mol. The number of hydrogen-bond donors (Lipinski definition) is 0. The molecule has 10 heteroatoms. The number of sulfone groups is 1. The predicted octanol–water partition coefficient (Wildman–Crippen LogP) is 1.43. The maximum Gasteiger partial charge on any atom is 0.316 e. The van der Waals surface area contributed by atoms with Crippen molar-refractivity contribution in [2.75, 3.05) is 25.4 Å². The molecule has 0 radical (unpaired) electrons. The lowest BCUT2D eigenvalue weighted by Gasteiger charge is -2.49. The SMILES string of the molecule is CCCc1onc(C)c1C(=O)N1CC2(C1)C(COc1ncccn1)CCS2(=O)=O. The van der Waals surface area contributed by atoms with Gasteiger partial charge in [-0.15, -0.1) is 0 Å². The van der Waals surface area contributed by atoms with Gasteiger partial charge in [0, 0.05) is 37.8 Å². The smallest absolute Gasteiger partial charge is 0.316 e. The molecule has 4 heterocycles. The Kier molecular flexibility index (Phi) is 5.05. The zero-order chi connectivity index (χ0) is 20.6. The summed E-state index contributed by atoms with van der Waals surface area (Å²) in [6.45, 7) is 4.26. The summed E-state index contributed by atoms with van der Waals surface area (Å²) in [7, 11) is -3.32. The van der Waals surface area contributed by atoms with Gasteiger partial charge >= 0.3 is 6.01 Å². The Balaban J connectivity index is 1.49. The molecule has 1 atom stereocenters. The zero-order valence-electron chi connectivity index (χ0n) is 16.5. The third-order valence-electron chi connectivity index (χ3n) is 5.88. The van der Waals surface area contributed by atoms with Crippen molar-refractivity contribution in [3.05, 3.63) is 35.5 Å². The number of ether oxygens (including phenoxy) is 1. The quantitative estimate of drug-likeness (QED) is 0.689. The van der Waals surface area contributed by atoms with E-state index in [-0.39, 0.29) is 43.3 Å². The highest BCUT2D eigenvalue weighted by Gasteiger charge is 2.63. The lowest BCUT2D eigenvalue weighted by Crippen LogP contribution is -2.69. The van der Waals surface area contributed by atoms with Crippen molar-refractivity contribution in [1.82, 2.24) is 20.0 Å². The fraction of sp³-hybridized carbons (Fsp3) is 0.579. The first-order valence-corrected chi connectivity index (χ1v) is 11.4. The van der Waals surface area contributed by atoms with E-state index in [9.17, 15) is 13.2 Å². The molecule has 2 fully saturated rings. The summed E-state index contributed by atoms with van der Waals surface area (Å²) in [4.78, 5) is 22.6. The van der Waals surface area contributed by atoms with Crippen molar-refractivity contribution in [3.63, 3.8) is 0 Å². The number of carbonyl (C=O) groups excluding carboxylic acids is 1. The van der Waals surface area contributed by atoms with Crippen molar-refractivity contribution < 1.29 is 22.5 Å². The lowest BCUT2D eigenvalue weighted by atomic mass is 9.83. The summed E-state index contributed by atoms with van der Waals surface area (Å²) in [6, 6.07) is 1.91. The van der Waals surface area contributed by atoms with Gasteiger partial charge in [0.05, 0.1) is 18.1 Å². The van der Waals surface area contributed by atoms with Crippen molar-refractivity contribution in [3.8, 4) is 6.01 Å². The molecule has 2 aliphatic rings. The van der Waals surface area contributed by atoms with Crippen LogP contribution in [0.3, 0.4) is 0 Å². The van der Waals surface area contributed by atoms with Gasteiger partial charge in [-0.05, 0) is 25.8 Å². The average molecular weight is 420 g/mol. The highest BCUT2D eigenvalue weighted by Crippen LogP contribution is 2.45.